The van der Waals surface area contributed by atoms with Crippen molar-refractivity contribution in [2.75, 3.05) is 7.05 Å². The van der Waals surface area contributed by atoms with Crippen LogP contribution in [0.15, 0.2) is 41.1 Å². The summed E-state index contributed by atoms with van der Waals surface area (Å²) in [6.45, 7) is 5.98. The first-order valence-corrected chi connectivity index (χ1v) is 6.41. The van der Waals surface area contributed by atoms with Gasteiger partial charge in [-0.05, 0) is 50.0 Å². The van der Waals surface area contributed by atoms with Gasteiger partial charge < -0.3 is 5.73 Å². The minimum atomic E-state index is 0.795. The zero-order chi connectivity index (χ0) is 12.4. The molecule has 17 heavy (non-hydrogen) atoms. The van der Waals surface area contributed by atoms with Crippen molar-refractivity contribution in [1.82, 2.24) is 0 Å². The summed E-state index contributed by atoms with van der Waals surface area (Å²) in [5.74, 6) is 2.77. The van der Waals surface area contributed by atoms with Gasteiger partial charge in [-0.15, -0.1) is 0 Å². The molecule has 2 nitrogen and oxygen atoms in total. The number of hydrogen-bond acceptors (Lipinski definition) is 2. The smallest absolute Gasteiger partial charge is 0.0656 e. The Labute approximate surface area is 104 Å². The van der Waals surface area contributed by atoms with Gasteiger partial charge in [0.2, 0.25) is 0 Å². The summed E-state index contributed by atoms with van der Waals surface area (Å²) >= 11 is 0. The summed E-state index contributed by atoms with van der Waals surface area (Å²) in [4.78, 5) is 4.29. The molecule has 0 saturated heterocycles. The van der Waals surface area contributed by atoms with Crippen LogP contribution < -0.4 is 5.73 Å². The molecule has 2 aliphatic rings. The Balaban J connectivity index is 2.04. The fraction of sp³-hybridized carbons (Fsp3) is 0.533. The largest absolute Gasteiger partial charge is 0.404 e. The average molecular weight is 230 g/mol. The first-order chi connectivity index (χ1) is 8.21. The van der Waals surface area contributed by atoms with E-state index in [4.69, 9.17) is 5.73 Å². The van der Waals surface area contributed by atoms with Crippen molar-refractivity contribution < 1.29 is 0 Å². The van der Waals surface area contributed by atoms with Crippen LogP contribution in [-0.4, -0.2) is 12.8 Å². The van der Waals surface area contributed by atoms with E-state index in [0.29, 0.717) is 0 Å². The third kappa shape index (κ3) is 2.68. The Kier molecular flexibility index (Phi) is 3.51. The van der Waals surface area contributed by atoms with Crippen LogP contribution in [0, 0.1) is 17.8 Å². The average Bonchev–Trinajstić information content (AvgIpc) is 3.18. The maximum Gasteiger partial charge on any atom is 0.0656 e. The number of nitrogens with zero attached hydrogens (tertiary/aromatic N) is 1. The van der Waals surface area contributed by atoms with E-state index >= 15 is 0 Å². The molecule has 0 bridgehead atoms. The molecule has 0 aromatic heterocycles. The third-order valence-electron chi connectivity index (χ3n) is 3.95. The summed E-state index contributed by atoms with van der Waals surface area (Å²) in [6, 6.07) is 0. The highest BCUT2D eigenvalue weighted by Gasteiger charge is 2.47. The van der Waals surface area contributed by atoms with Crippen LogP contribution in [0.5, 0.6) is 0 Å². The van der Waals surface area contributed by atoms with Gasteiger partial charge in [-0.3, -0.25) is 4.99 Å². The maximum absolute atomic E-state index is 5.57. The number of hydrogen-bond donors (Lipinski definition) is 1. The third-order valence-corrected chi connectivity index (χ3v) is 3.95. The quantitative estimate of drug-likeness (QED) is 0.572. The van der Waals surface area contributed by atoms with Crippen molar-refractivity contribution in [2.24, 2.45) is 28.5 Å². The number of nitrogens with two attached hydrogens (primary N) is 1. The zero-order valence-electron chi connectivity index (χ0n) is 10.8. The lowest BCUT2D eigenvalue weighted by Gasteiger charge is -2.04. The van der Waals surface area contributed by atoms with E-state index in [1.807, 2.05) is 0 Å². The van der Waals surface area contributed by atoms with Crippen LogP contribution in [0.1, 0.15) is 26.2 Å². The summed E-state index contributed by atoms with van der Waals surface area (Å²) < 4.78 is 0. The minimum absolute atomic E-state index is 0.795. The highest BCUT2D eigenvalue weighted by atomic mass is 14.7. The van der Waals surface area contributed by atoms with Crippen molar-refractivity contribution in [1.29, 1.82) is 0 Å². The van der Waals surface area contributed by atoms with Gasteiger partial charge in [-0.25, -0.2) is 0 Å². The van der Waals surface area contributed by atoms with E-state index < -0.39 is 0 Å². The van der Waals surface area contributed by atoms with Crippen LogP contribution >= 0.6 is 0 Å². The van der Waals surface area contributed by atoms with Gasteiger partial charge in [0.15, 0.2) is 0 Å². The van der Waals surface area contributed by atoms with Gasteiger partial charge in [-0.1, -0.05) is 18.2 Å². The monoisotopic (exact) mass is 230 g/mol. The van der Waals surface area contributed by atoms with Crippen LogP contribution in [0.4, 0.5) is 0 Å². The first kappa shape index (κ1) is 12.2. The molecule has 0 amide bonds. The van der Waals surface area contributed by atoms with Crippen LogP contribution in [0.25, 0.3) is 0 Å². The Morgan fingerprint density at radius 2 is 2.12 bits per heavy atom. The van der Waals surface area contributed by atoms with E-state index in [1.54, 1.807) is 19.3 Å². The highest BCUT2D eigenvalue weighted by molar-refractivity contribution is 6.10. The molecular weight excluding hydrogens is 208 g/mol. The van der Waals surface area contributed by atoms with Gasteiger partial charge >= 0.3 is 0 Å². The minimum Gasteiger partial charge on any atom is -0.404 e. The number of allylic oxidation sites excluding steroid dienone is 4. The molecular formula is C15H22N2. The molecule has 2 heteroatoms. The number of rotatable bonds is 5. The molecule has 0 aromatic carbocycles. The molecule has 2 rings (SSSR count). The fourth-order valence-corrected chi connectivity index (χ4v) is 2.64. The lowest BCUT2D eigenvalue weighted by atomic mass is 10.0. The molecule has 2 saturated carbocycles. The van der Waals surface area contributed by atoms with Gasteiger partial charge in [0, 0.05) is 18.8 Å². The zero-order valence-corrected chi connectivity index (χ0v) is 10.8. The molecule has 0 spiro atoms. The number of aliphatic imine (C=N–C) groups is 1. The molecule has 2 N–H and O–H groups in total. The summed E-state index contributed by atoms with van der Waals surface area (Å²) in [7, 11) is 1.80. The molecule has 92 valence electrons. The van der Waals surface area contributed by atoms with Crippen molar-refractivity contribution >= 4 is 5.71 Å². The molecule has 2 unspecified atom stereocenters. The standard InChI is InChI=1S/C15H22N2/c1-4-11(9-16)15(17-3)7-10(2)13-8-14(13)12-5-6-12/h4,7,9,12-14H,1,5-6,8,16H2,2-3H3/b10-7+,11-9+,17-15+. The Hall–Kier alpha value is -1.31. The van der Waals surface area contributed by atoms with Crippen molar-refractivity contribution in [3.05, 3.63) is 36.1 Å². The van der Waals surface area contributed by atoms with E-state index in [-0.39, 0.29) is 0 Å². The molecule has 0 aromatic rings. The normalized spacial score (nSPS) is 30.4. The van der Waals surface area contributed by atoms with Crippen LogP contribution in [-0.2, 0) is 0 Å². The second kappa shape index (κ2) is 4.91. The first-order valence-electron chi connectivity index (χ1n) is 6.41. The molecule has 0 radical (unpaired) electrons. The van der Waals surface area contributed by atoms with E-state index in [9.17, 15) is 0 Å². The predicted octanol–water partition coefficient (Wildman–Crippen LogP) is 3.08. The van der Waals surface area contributed by atoms with E-state index in [0.717, 1.165) is 29.0 Å². The second-order valence-electron chi connectivity index (χ2n) is 5.17. The topological polar surface area (TPSA) is 38.4 Å². The molecule has 0 aliphatic heterocycles. The second-order valence-corrected chi connectivity index (χ2v) is 5.17. The molecule has 2 fully saturated rings. The lowest BCUT2D eigenvalue weighted by Crippen LogP contribution is -2.02. The van der Waals surface area contributed by atoms with Crippen LogP contribution in [0.3, 0.4) is 0 Å². The SMILES string of the molecule is C=CC(=C\N)/C(/C=C(\C)C1CC1C1CC1)=N/C. The van der Waals surface area contributed by atoms with E-state index in [2.05, 4.69) is 24.6 Å². The highest BCUT2D eigenvalue weighted by Crippen LogP contribution is 2.57. The fourth-order valence-electron chi connectivity index (χ4n) is 2.64. The Morgan fingerprint density at radius 1 is 1.41 bits per heavy atom. The van der Waals surface area contributed by atoms with Gasteiger partial charge in [-0.2, -0.15) is 0 Å². The van der Waals surface area contributed by atoms with Crippen molar-refractivity contribution in [3.8, 4) is 0 Å². The van der Waals surface area contributed by atoms with E-state index in [1.165, 1.54) is 24.8 Å². The van der Waals surface area contributed by atoms with Crippen molar-refractivity contribution in [3.63, 3.8) is 0 Å². The van der Waals surface area contributed by atoms with Gasteiger partial charge in [0.25, 0.3) is 0 Å². The van der Waals surface area contributed by atoms with Crippen LogP contribution in [0.2, 0.25) is 0 Å². The van der Waals surface area contributed by atoms with Gasteiger partial charge in [0.05, 0.1) is 5.71 Å². The maximum atomic E-state index is 5.57. The summed E-state index contributed by atoms with van der Waals surface area (Å²) in [5.41, 5.74) is 8.88. The molecule has 2 atom stereocenters. The predicted molar refractivity (Wildman–Crippen MR) is 73.9 cm³/mol. The Bertz CT molecular complexity index is 397. The molecule has 0 heterocycles. The summed E-state index contributed by atoms with van der Waals surface area (Å²) in [5, 5.41) is 0. The molecule has 2 aliphatic carbocycles. The van der Waals surface area contributed by atoms with Gasteiger partial charge in [0.1, 0.15) is 0 Å². The lowest BCUT2D eigenvalue weighted by molar-refractivity contribution is 0.668. The Morgan fingerprint density at radius 3 is 2.59 bits per heavy atom. The summed E-state index contributed by atoms with van der Waals surface area (Å²) in [6.07, 6.45) is 9.78. The van der Waals surface area contributed by atoms with Crippen molar-refractivity contribution in [2.45, 2.75) is 26.2 Å².